The van der Waals surface area contributed by atoms with Gasteiger partial charge in [-0.15, -0.1) is 0 Å². The van der Waals surface area contributed by atoms with E-state index < -0.39 is 5.60 Å². The highest BCUT2D eigenvalue weighted by Crippen LogP contribution is 2.23. The van der Waals surface area contributed by atoms with Crippen LogP contribution in [0.4, 0.5) is 4.79 Å². The zero-order chi connectivity index (χ0) is 17.6. The van der Waals surface area contributed by atoms with E-state index >= 15 is 0 Å². The van der Waals surface area contributed by atoms with Gasteiger partial charge in [0.2, 0.25) is 0 Å². The van der Waals surface area contributed by atoms with Gasteiger partial charge in [0.05, 0.1) is 18.0 Å². The molecule has 2 atom stereocenters. The quantitative estimate of drug-likeness (QED) is 0.823. The third kappa shape index (κ3) is 6.07. The fourth-order valence-electron chi connectivity index (χ4n) is 2.81. The number of piperidine rings is 1. The van der Waals surface area contributed by atoms with Crippen LogP contribution in [0.5, 0.6) is 0 Å². The molecule has 0 spiro atoms. The minimum absolute atomic E-state index is 0.0655. The lowest BCUT2D eigenvalue weighted by Crippen LogP contribution is -2.43. The van der Waals surface area contributed by atoms with Crippen molar-refractivity contribution < 1.29 is 14.3 Å². The van der Waals surface area contributed by atoms with Crippen LogP contribution in [0.3, 0.4) is 0 Å². The monoisotopic (exact) mass is 335 g/mol. The first kappa shape index (κ1) is 18.6. The Morgan fingerprint density at radius 1 is 1.42 bits per heavy atom. The third-order valence-corrected chi connectivity index (χ3v) is 4.06. The van der Waals surface area contributed by atoms with E-state index in [-0.39, 0.29) is 12.2 Å². The number of carbonyl (C=O) groups is 1. The van der Waals surface area contributed by atoms with Crippen molar-refractivity contribution in [1.82, 2.24) is 14.9 Å². The molecule has 1 fully saturated rings. The van der Waals surface area contributed by atoms with Crippen LogP contribution in [0.25, 0.3) is 0 Å². The molecule has 24 heavy (non-hydrogen) atoms. The Morgan fingerprint density at radius 2 is 2.21 bits per heavy atom. The van der Waals surface area contributed by atoms with E-state index in [2.05, 4.69) is 9.97 Å². The average molecular weight is 335 g/mol. The van der Waals surface area contributed by atoms with E-state index in [1.165, 1.54) is 0 Å². The van der Waals surface area contributed by atoms with Gasteiger partial charge in [0, 0.05) is 32.1 Å². The first-order valence-electron chi connectivity index (χ1n) is 8.70. The van der Waals surface area contributed by atoms with Gasteiger partial charge in [0.1, 0.15) is 5.60 Å². The van der Waals surface area contributed by atoms with Crippen molar-refractivity contribution in [2.24, 2.45) is 5.92 Å². The number of hydrogen-bond donors (Lipinski definition) is 0. The molecule has 6 nitrogen and oxygen atoms in total. The molecule has 2 rings (SSSR count). The van der Waals surface area contributed by atoms with Crippen molar-refractivity contribution in [2.45, 2.75) is 58.7 Å². The maximum atomic E-state index is 12.2. The van der Waals surface area contributed by atoms with Crippen LogP contribution in [-0.4, -0.2) is 46.3 Å². The molecule has 2 heterocycles. The largest absolute Gasteiger partial charge is 0.444 e. The Bertz CT molecular complexity index is 516. The first-order valence-corrected chi connectivity index (χ1v) is 8.70. The molecule has 1 aliphatic heterocycles. The predicted molar refractivity (Wildman–Crippen MR) is 91.5 cm³/mol. The van der Waals surface area contributed by atoms with Crippen molar-refractivity contribution in [1.29, 1.82) is 0 Å². The second-order valence-electron chi connectivity index (χ2n) is 7.37. The summed E-state index contributed by atoms with van der Waals surface area (Å²) >= 11 is 0. The molecule has 1 saturated heterocycles. The van der Waals surface area contributed by atoms with Crippen LogP contribution in [0, 0.1) is 5.92 Å². The summed E-state index contributed by atoms with van der Waals surface area (Å²) in [5, 5.41) is 0. The highest BCUT2D eigenvalue weighted by Gasteiger charge is 2.27. The minimum atomic E-state index is -0.445. The normalized spacial score (nSPS) is 19.8. The lowest BCUT2D eigenvalue weighted by Gasteiger charge is -2.34. The molecule has 6 heteroatoms. The van der Waals surface area contributed by atoms with E-state index in [1.807, 2.05) is 32.6 Å². The van der Waals surface area contributed by atoms with Crippen LogP contribution < -0.4 is 0 Å². The molecule has 0 aliphatic carbocycles. The summed E-state index contributed by atoms with van der Waals surface area (Å²) in [6, 6.07) is 0. The molecule has 0 saturated carbocycles. The van der Waals surface area contributed by atoms with Gasteiger partial charge in [-0.25, -0.2) is 4.79 Å². The van der Waals surface area contributed by atoms with Gasteiger partial charge >= 0.3 is 6.09 Å². The van der Waals surface area contributed by atoms with E-state index in [0.29, 0.717) is 12.5 Å². The number of amides is 1. The Labute approximate surface area is 144 Å². The molecular formula is C18H29N3O3. The SMILES string of the molecule is C[C@@H](OCC[C@H]1CCCN(C(=O)OC(C)(C)C)C1)c1cnccn1. The molecule has 0 unspecified atom stereocenters. The van der Waals surface area contributed by atoms with Gasteiger partial charge < -0.3 is 14.4 Å². The summed E-state index contributed by atoms with van der Waals surface area (Å²) in [6.07, 6.45) is 7.87. The van der Waals surface area contributed by atoms with Crippen molar-refractivity contribution in [3.05, 3.63) is 24.3 Å². The molecule has 0 aromatic carbocycles. The van der Waals surface area contributed by atoms with Crippen molar-refractivity contribution in [2.75, 3.05) is 19.7 Å². The molecule has 1 aliphatic rings. The standard InChI is InChI=1S/C18H29N3O3/c1-14(16-12-19-8-9-20-16)23-11-7-15-6-5-10-21(13-15)17(22)24-18(2,3)4/h8-9,12,14-15H,5-7,10-11,13H2,1-4H3/t14-,15-/m1/s1. The van der Waals surface area contributed by atoms with Crippen LogP contribution >= 0.6 is 0 Å². The second kappa shape index (κ2) is 8.42. The van der Waals surface area contributed by atoms with Gasteiger partial charge in [-0.05, 0) is 52.9 Å². The second-order valence-corrected chi connectivity index (χ2v) is 7.37. The number of rotatable bonds is 5. The maximum Gasteiger partial charge on any atom is 0.410 e. The lowest BCUT2D eigenvalue weighted by molar-refractivity contribution is 0.0104. The molecule has 134 valence electrons. The summed E-state index contributed by atoms with van der Waals surface area (Å²) in [5.74, 6) is 0.459. The van der Waals surface area contributed by atoms with Crippen molar-refractivity contribution in [3.63, 3.8) is 0 Å². The van der Waals surface area contributed by atoms with Gasteiger partial charge in [-0.3, -0.25) is 9.97 Å². The Hall–Kier alpha value is -1.69. The number of nitrogens with zero attached hydrogens (tertiary/aromatic N) is 3. The predicted octanol–water partition coefficient (Wildman–Crippen LogP) is 3.59. The van der Waals surface area contributed by atoms with Gasteiger partial charge in [0.15, 0.2) is 0 Å². The number of ether oxygens (including phenoxy) is 2. The molecule has 1 aromatic rings. The molecule has 0 bridgehead atoms. The van der Waals surface area contributed by atoms with Crippen LogP contribution in [0.15, 0.2) is 18.6 Å². The zero-order valence-electron chi connectivity index (χ0n) is 15.2. The fraction of sp³-hybridized carbons (Fsp3) is 0.722. The summed E-state index contributed by atoms with van der Waals surface area (Å²) in [5.41, 5.74) is 0.399. The molecule has 0 radical (unpaired) electrons. The fourth-order valence-corrected chi connectivity index (χ4v) is 2.81. The van der Waals surface area contributed by atoms with Crippen molar-refractivity contribution >= 4 is 6.09 Å². The van der Waals surface area contributed by atoms with Crippen LogP contribution in [-0.2, 0) is 9.47 Å². The topological polar surface area (TPSA) is 64.5 Å². The van der Waals surface area contributed by atoms with Gasteiger partial charge in [-0.1, -0.05) is 0 Å². The number of hydrogen-bond acceptors (Lipinski definition) is 5. The molecular weight excluding hydrogens is 306 g/mol. The lowest BCUT2D eigenvalue weighted by atomic mass is 9.95. The smallest absolute Gasteiger partial charge is 0.410 e. The number of carbonyl (C=O) groups excluding carboxylic acids is 1. The van der Waals surface area contributed by atoms with Crippen LogP contribution in [0.1, 0.15) is 58.8 Å². The third-order valence-electron chi connectivity index (χ3n) is 4.06. The highest BCUT2D eigenvalue weighted by molar-refractivity contribution is 5.68. The average Bonchev–Trinajstić information content (AvgIpc) is 2.54. The number of likely N-dealkylation sites (tertiary alicyclic amines) is 1. The molecule has 0 N–H and O–H groups in total. The Kier molecular flexibility index (Phi) is 6.54. The minimum Gasteiger partial charge on any atom is -0.444 e. The summed E-state index contributed by atoms with van der Waals surface area (Å²) in [6.45, 7) is 9.86. The summed E-state index contributed by atoms with van der Waals surface area (Å²) < 4.78 is 11.3. The van der Waals surface area contributed by atoms with Gasteiger partial charge in [-0.2, -0.15) is 0 Å². The Balaban J connectivity index is 1.74. The van der Waals surface area contributed by atoms with E-state index in [0.717, 1.165) is 38.0 Å². The maximum absolute atomic E-state index is 12.2. The summed E-state index contributed by atoms with van der Waals surface area (Å²) in [7, 11) is 0. The molecule has 1 amide bonds. The van der Waals surface area contributed by atoms with Gasteiger partial charge in [0.25, 0.3) is 0 Å². The van der Waals surface area contributed by atoms with Crippen molar-refractivity contribution in [3.8, 4) is 0 Å². The first-order chi connectivity index (χ1) is 11.3. The summed E-state index contributed by atoms with van der Waals surface area (Å²) in [4.78, 5) is 22.3. The van der Waals surface area contributed by atoms with E-state index in [9.17, 15) is 4.79 Å². The Morgan fingerprint density at radius 3 is 2.88 bits per heavy atom. The van der Waals surface area contributed by atoms with E-state index in [1.54, 1.807) is 18.6 Å². The number of aromatic nitrogens is 2. The highest BCUT2D eigenvalue weighted by atomic mass is 16.6. The van der Waals surface area contributed by atoms with Crippen LogP contribution in [0.2, 0.25) is 0 Å². The zero-order valence-corrected chi connectivity index (χ0v) is 15.2. The molecule has 1 aromatic heterocycles. The van der Waals surface area contributed by atoms with E-state index in [4.69, 9.17) is 9.47 Å².